The molecule has 0 spiro atoms. The standard InChI is InChI=1S/C14H20OS/c1-3-4-6-11-14(15)12(2)16-13-9-7-5-8-10-13/h5,7-10,14-15H,2-4,6,11H2,1H3. The van der Waals surface area contributed by atoms with Crippen LogP contribution in [0.3, 0.4) is 0 Å². The molecule has 0 aliphatic rings. The van der Waals surface area contributed by atoms with Crippen LogP contribution in [-0.4, -0.2) is 11.2 Å². The van der Waals surface area contributed by atoms with Crippen molar-refractivity contribution in [1.29, 1.82) is 0 Å². The Hall–Kier alpha value is -0.730. The first-order valence-electron chi connectivity index (χ1n) is 5.83. The quantitative estimate of drug-likeness (QED) is 0.564. The molecule has 0 aromatic heterocycles. The zero-order chi connectivity index (χ0) is 11.8. The second-order valence-electron chi connectivity index (χ2n) is 3.89. The maximum absolute atomic E-state index is 9.89. The van der Waals surface area contributed by atoms with E-state index in [1.165, 1.54) is 12.8 Å². The summed E-state index contributed by atoms with van der Waals surface area (Å²) in [6, 6.07) is 10.1. The molecule has 0 saturated heterocycles. The summed E-state index contributed by atoms with van der Waals surface area (Å²) in [7, 11) is 0. The third-order valence-electron chi connectivity index (χ3n) is 2.44. The maximum Gasteiger partial charge on any atom is 0.0845 e. The zero-order valence-electron chi connectivity index (χ0n) is 9.86. The molecule has 1 nitrogen and oxygen atoms in total. The van der Waals surface area contributed by atoms with Crippen molar-refractivity contribution in [2.45, 2.75) is 43.6 Å². The third kappa shape index (κ3) is 4.86. The van der Waals surface area contributed by atoms with E-state index in [2.05, 4.69) is 13.5 Å². The summed E-state index contributed by atoms with van der Waals surface area (Å²) in [4.78, 5) is 1.99. The molecule has 0 saturated carbocycles. The Morgan fingerprint density at radius 3 is 2.62 bits per heavy atom. The van der Waals surface area contributed by atoms with Gasteiger partial charge in [-0.15, -0.1) is 0 Å². The molecule has 0 aliphatic heterocycles. The Labute approximate surface area is 103 Å². The Kier molecular flexibility index (Phi) is 6.27. The molecule has 16 heavy (non-hydrogen) atoms. The van der Waals surface area contributed by atoms with Crippen molar-refractivity contribution in [2.75, 3.05) is 0 Å². The average Bonchev–Trinajstić information content (AvgIpc) is 2.30. The van der Waals surface area contributed by atoms with Crippen molar-refractivity contribution in [1.82, 2.24) is 0 Å². The van der Waals surface area contributed by atoms with Crippen LogP contribution >= 0.6 is 11.8 Å². The highest BCUT2D eigenvalue weighted by molar-refractivity contribution is 8.03. The molecule has 0 fully saturated rings. The third-order valence-corrected chi connectivity index (χ3v) is 3.49. The van der Waals surface area contributed by atoms with E-state index in [-0.39, 0.29) is 6.10 Å². The smallest absolute Gasteiger partial charge is 0.0845 e. The first kappa shape index (κ1) is 13.3. The lowest BCUT2D eigenvalue weighted by Crippen LogP contribution is -2.06. The lowest BCUT2D eigenvalue weighted by Gasteiger charge is -2.12. The second kappa shape index (κ2) is 7.53. The van der Waals surface area contributed by atoms with Gasteiger partial charge in [-0.2, -0.15) is 0 Å². The van der Waals surface area contributed by atoms with E-state index in [9.17, 15) is 5.11 Å². The normalized spacial score (nSPS) is 12.4. The number of hydrogen-bond donors (Lipinski definition) is 1. The summed E-state index contributed by atoms with van der Waals surface area (Å²) in [5.41, 5.74) is 0. The van der Waals surface area contributed by atoms with Crippen LogP contribution in [0, 0.1) is 0 Å². The van der Waals surface area contributed by atoms with Crippen molar-refractivity contribution in [3.8, 4) is 0 Å². The molecule has 1 N–H and O–H groups in total. The van der Waals surface area contributed by atoms with Crippen LogP contribution in [0.2, 0.25) is 0 Å². The summed E-state index contributed by atoms with van der Waals surface area (Å²) in [6.45, 7) is 6.11. The fraction of sp³-hybridized carbons (Fsp3) is 0.429. The minimum atomic E-state index is -0.378. The lowest BCUT2D eigenvalue weighted by molar-refractivity contribution is 0.205. The van der Waals surface area contributed by atoms with E-state index >= 15 is 0 Å². The number of hydrogen-bond acceptors (Lipinski definition) is 2. The minimum absolute atomic E-state index is 0.378. The van der Waals surface area contributed by atoms with Crippen LogP contribution in [0.4, 0.5) is 0 Å². The molecule has 88 valence electrons. The highest BCUT2D eigenvalue weighted by Gasteiger charge is 2.09. The second-order valence-corrected chi connectivity index (χ2v) is 5.09. The van der Waals surface area contributed by atoms with Crippen LogP contribution in [-0.2, 0) is 0 Å². The number of unbranched alkanes of at least 4 members (excludes halogenated alkanes) is 2. The van der Waals surface area contributed by atoms with Gasteiger partial charge in [0.05, 0.1) is 6.10 Å². The molecule has 0 heterocycles. The monoisotopic (exact) mass is 236 g/mol. The summed E-state index contributed by atoms with van der Waals surface area (Å²) >= 11 is 1.57. The molecular weight excluding hydrogens is 216 g/mol. The van der Waals surface area contributed by atoms with Gasteiger partial charge >= 0.3 is 0 Å². The Balaban J connectivity index is 2.34. The molecule has 1 unspecified atom stereocenters. The topological polar surface area (TPSA) is 20.2 Å². The van der Waals surface area contributed by atoms with Gasteiger partial charge in [0.2, 0.25) is 0 Å². The van der Waals surface area contributed by atoms with Gasteiger partial charge in [0.25, 0.3) is 0 Å². The molecule has 1 aromatic carbocycles. The Bertz CT molecular complexity index is 308. The Morgan fingerprint density at radius 2 is 2.00 bits per heavy atom. The van der Waals surface area contributed by atoms with Crippen molar-refractivity contribution in [3.05, 3.63) is 41.8 Å². The van der Waals surface area contributed by atoms with Gasteiger partial charge in [-0.05, 0) is 18.6 Å². The SMILES string of the molecule is C=C(Sc1ccccc1)C(O)CCCCC. The maximum atomic E-state index is 9.89. The molecule has 1 rings (SSSR count). The van der Waals surface area contributed by atoms with Crippen LogP contribution < -0.4 is 0 Å². The first-order valence-corrected chi connectivity index (χ1v) is 6.65. The highest BCUT2D eigenvalue weighted by atomic mass is 32.2. The van der Waals surface area contributed by atoms with Gasteiger partial charge in [0, 0.05) is 9.80 Å². The highest BCUT2D eigenvalue weighted by Crippen LogP contribution is 2.28. The molecule has 0 amide bonds. The summed E-state index contributed by atoms with van der Waals surface area (Å²) in [6.07, 6.45) is 3.89. The molecular formula is C14H20OS. The van der Waals surface area contributed by atoms with Crippen LogP contribution in [0.5, 0.6) is 0 Å². The van der Waals surface area contributed by atoms with E-state index in [0.29, 0.717) is 0 Å². The summed E-state index contributed by atoms with van der Waals surface area (Å²) in [5, 5.41) is 9.89. The van der Waals surface area contributed by atoms with Crippen LogP contribution in [0.25, 0.3) is 0 Å². The van der Waals surface area contributed by atoms with Gasteiger partial charge in [-0.3, -0.25) is 0 Å². The molecule has 0 radical (unpaired) electrons. The molecule has 1 atom stereocenters. The van der Waals surface area contributed by atoms with E-state index in [1.54, 1.807) is 11.8 Å². The van der Waals surface area contributed by atoms with Gasteiger partial charge in [0.15, 0.2) is 0 Å². The zero-order valence-corrected chi connectivity index (χ0v) is 10.7. The average molecular weight is 236 g/mol. The number of rotatable bonds is 7. The van der Waals surface area contributed by atoms with Crippen molar-refractivity contribution >= 4 is 11.8 Å². The predicted molar refractivity (Wildman–Crippen MR) is 71.6 cm³/mol. The van der Waals surface area contributed by atoms with Gasteiger partial charge < -0.3 is 5.11 Å². The number of aliphatic hydroxyl groups is 1. The fourth-order valence-corrected chi connectivity index (χ4v) is 2.31. The van der Waals surface area contributed by atoms with E-state index < -0.39 is 0 Å². The fourth-order valence-electron chi connectivity index (χ4n) is 1.46. The van der Waals surface area contributed by atoms with Crippen molar-refractivity contribution in [3.63, 3.8) is 0 Å². The minimum Gasteiger partial charge on any atom is -0.388 e. The summed E-state index contributed by atoms with van der Waals surface area (Å²) < 4.78 is 0. The van der Waals surface area contributed by atoms with E-state index in [4.69, 9.17) is 0 Å². The van der Waals surface area contributed by atoms with Gasteiger partial charge in [-0.1, -0.05) is 62.7 Å². The summed E-state index contributed by atoms with van der Waals surface area (Å²) in [5.74, 6) is 0. The van der Waals surface area contributed by atoms with Gasteiger partial charge in [0.1, 0.15) is 0 Å². The van der Waals surface area contributed by atoms with Crippen LogP contribution in [0.1, 0.15) is 32.6 Å². The number of benzene rings is 1. The largest absolute Gasteiger partial charge is 0.388 e. The van der Waals surface area contributed by atoms with Crippen molar-refractivity contribution in [2.24, 2.45) is 0 Å². The van der Waals surface area contributed by atoms with E-state index in [1.807, 2.05) is 30.3 Å². The van der Waals surface area contributed by atoms with Gasteiger partial charge in [-0.25, -0.2) is 0 Å². The first-order chi connectivity index (χ1) is 7.74. The van der Waals surface area contributed by atoms with E-state index in [0.717, 1.165) is 22.6 Å². The molecule has 1 aromatic rings. The molecule has 0 bridgehead atoms. The number of thioether (sulfide) groups is 1. The Morgan fingerprint density at radius 1 is 1.31 bits per heavy atom. The van der Waals surface area contributed by atoms with Crippen molar-refractivity contribution < 1.29 is 5.11 Å². The predicted octanol–water partition coefficient (Wildman–Crippen LogP) is 4.23. The molecule has 2 heteroatoms. The van der Waals surface area contributed by atoms with Crippen LogP contribution in [0.15, 0.2) is 46.7 Å². The molecule has 0 aliphatic carbocycles. The lowest BCUT2D eigenvalue weighted by atomic mass is 10.1. The number of aliphatic hydroxyl groups excluding tert-OH is 1.